The molecule has 0 aliphatic heterocycles. The van der Waals surface area contributed by atoms with Gasteiger partial charge in [0.25, 0.3) is 0 Å². The van der Waals surface area contributed by atoms with Crippen LogP contribution in [0.2, 0.25) is 0 Å². The van der Waals surface area contributed by atoms with Crippen molar-refractivity contribution in [1.29, 1.82) is 5.26 Å². The Hall–Kier alpha value is -1.82. The molecule has 1 aromatic carbocycles. The molecule has 0 heterocycles. The zero-order valence-electron chi connectivity index (χ0n) is 13.1. The lowest BCUT2D eigenvalue weighted by molar-refractivity contribution is -0.122. The van der Waals surface area contributed by atoms with E-state index in [1.165, 1.54) is 11.1 Å². The van der Waals surface area contributed by atoms with Crippen LogP contribution in [0.3, 0.4) is 0 Å². The highest BCUT2D eigenvalue weighted by molar-refractivity contribution is 5.77. The van der Waals surface area contributed by atoms with Crippen molar-refractivity contribution < 1.29 is 4.79 Å². The summed E-state index contributed by atoms with van der Waals surface area (Å²) in [6, 6.07) is 10.5. The van der Waals surface area contributed by atoms with E-state index in [9.17, 15) is 4.79 Å². The minimum Gasteiger partial charge on any atom is -0.338 e. The van der Waals surface area contributed by atoms with Gasteiger partial charge in [0.05, 0.1) is 6.07 Å². The summed E-state index contributed by atoms with van der Waals surface area (Å²) in [5.41, 5.74) is 1.61. The number of carbonyl (C=O) groups excluding carboxylic acids is 1. The molecule has 1 aromatic rings. The minimum atomic E-state index is -0.801. The molecular formula is C17H24N2O. The van der Waals surface area contributed by atoms with Crippen LogP contribution < -0.4 is 5.32 Å². The summed E-state index contributed by atoms with van der Waals surface area (Å²) >= 11 is 0. The fraction of sp³-hybridized carbons (Fsp3) is 0.529. The van der Waals surface area contributed by atoms with Crippen LogP contribution in [-0.2, 0) is 10.2 Å². The van der Waals surface area contributed by atoms with Crippen molar-refractivity contribution in [1.82, 2.24) is 5.32 Å². The van der Waals surface area contributed by atoms with Gasteiger partial charge >= 0.3 is 0 Å². The normalized spacial score (nSPS) is 11.8. The number of carbonyl (C=O) groups is 1. The van der Waals surface area contributed by atoms with Gasteiger partial charge in [0.15, 0.2) is 0 Å². The average molecular weight is 272 g/mol. The molecule has 20 heavy (non-hydrogen) atoms. The van der Waals surface area contributed by atoms with Gasteiger partial charge in [-0.05, 0) is 38.2 Å². The van der Waals surface area contributed by atoms with Crippen molar-refractivity contribution in [2.45, 2.75) is 58.4 Å². The quantitative estimate of drug-likeness (QED) is 0.892. The third-order valence-electron chi connectivity index (χ3n) is 3.54. The number of rotatable bonds is 5. The predicted octanol–water partition coefficient (Wildman–Crippen LogP) is 3.47. The SMILES string of the molecule is Cc1ccc(C(C)(C)CCC(=O)NC(C)(C)C#N)cc1. The Kier molecular flexibility index (Phi) is 4.94. The third-order valence-corrected chi connectivity index (χ3v) is 3.54. The minimum absolute atomic E-state index is 0.0537. The Bertz CT molecular complexity index is 507. The highest BCUT2D eigenvalue weighted by atomic mass is 16.1. The first-order valence-corrected chi connectivity index (χ1v) is 6.96. The number of nitrogens with one attached hydrogen (secondary N) is 1. The standard InChI is InChI=1S/C17H24N2O/c1-13-6-8-14(9-7-13)16(2,3)11-10-15(20)19-17(4,5)12-18/h6-9H,10-11H2,1-5H3,(H,19,20). The molecule has 0 saturated carbocycles. The van der Waals surface area contributed by atoms with Gasteiger partial charge in [-0.3, -0.25) is 4.79 Å². The first-order valence-electron chi connectivity index (χ1n) is 6.96. The third kappa shape index (κ3) is 4.70. The van der Waals surface area contributed by atoms with Crippen LogP contribution in [-0.4, -0.2) is 11.4 Å². The molecule has 1 N–H and O–H groups in total. The molecule has 0 aliphatic carbocycles. The lowest BCUT2D eigenvalue weighted by atomic mass is 9.80. The molecule has 1 amide bonds. The van der Waals surface area contributed by atoms with Crippen molar-refractivity contribution in [3.63, 3.8) is 0 Å². The number of benzene rings is 1. The number of nitriles is 1. The number of hydrogen-bond donors (Lipinski definition) is 1. The van der Waals surface area contributed by atoms with Crippen LogP contribution in [0.5, 0.6) is 0 Å². The van der Waals surface area contributed by atoms with E-state index in [-0.39, 0.29) is 11.3 Å². The molecular weight excluding hydrogens is 248 g/mol. The average Bonchev–Trinajstić information content (AvgIpc) is 2.37. The van der Waals surface area contributed by atoms with Crippen molar-refractivity contribution in [3.8, 4) is 6.07 Å². The first kappa shape index (κ1) is 16.2. The van der Waals surface area contributed by atoms with Crippen LogP contribution in [0.25, 0.3) is 0 Å². The summed E-state index contributed by atoms with van der Waals surface area (Å²) in [6.07, 6.45) is 1.18. The van der Waals surface area contributed by atoms with Gasteiger partial charge in [-0.25, -0.2) is 0 Å². The van der Waals surface area contributed by atoms with Crippen LogP contribution >= 0.6 is 0 Å². The van der Waals surface area contributed by atoms with Gasteiger partial charge in [-0.1, -0.05) is 43.7 Å². The van der Waals surface area contributed by atoms with E-state index in [1.807, 2.05) is 0 Å². The van der Waals surface area contributed by atoms with Crippen molar-refractivity contribution in [2.24, 2.45) is 0 Å². The molecule has 0 atom stereocenters. The van der Waals surface area contributed by atoms with Gasteiger partial charge in [0.2, 0.25) is 5.91 Å². The largest absolute Gasteiger partial charge is 0.338 e. The molecule has 0 bridgehead atoms. The molecule has 1 rings (SSSR count). The molecule has 3 nitrogen and oxygen atoms in total. The summed E-state index contributed by atoms with van der Waals surface area (Å²) in [7, 11) is 0. The lowest BCUT2D eigenvalue weighted by Crippen LogP contribution is -2.42. The van der Waals surface area contributed by atoms with Gasteiger partial charge in [-0.15, -0.1) is 0 Å². The van der Waals surface area contributed by atoms with E-state index in [2.05, 4.69) is 56.4 Å². The second kappa shape index (κ2) is 6.09. The van der Waals surface area contributed by atoms with Gasteiger partial charge < -0.3 is 5.32 Å². The highest BCUT2D eigenvalue weighted by Gasteiger charge is 2.24. The summed E-state index contributed by atoms with van der Waals surface area (Å²) in [5.74, 6) is -0.0725. The van der Waals surface area contributed by atoms with Crippen molar-refractivity contribution >= 4 is 5.91 Å². The van der Waals surface area contributed by atoms with Crippen LogP contribution in [0.15, 0.2) is 24.3 Å². The Labute approximate surface area is 122 Å². The molecule has 0 spiro atoms. The molecule has 0 fully saturated rings. The van der Waals surface area contributed by atoms with E-state index in [4.69, 9.17) is 5.26 Å². The molecule has 0 aromatic heterocycles. The summed E-state index contributed by atoms with van der Waals surface area (Å²) in [4.78, 5) is 11.9. The van der Waals surface area contributed by atoms with Crippen LogP contribution in [0.4, 0.5) is 0 Å². The zero-order chi connectivity index (χ0) is 15.4. The molecule has 0 aliphatic rings. The lowest BCUT2D eigenvalue weighted by Gasteiger charge is -2.26. The topological polar surface area (TPSA) is 52.9 Å². The van der Waals surface area contributed by atoms with E-state index in [1.54, 1.807) is 13.8 Å². The maximum atomic E-state index is 11.9. The Morgan fingerprint density at radius 3 is 2.25 bits per heavy atom. The van der Waals surface area contributed by atoms with Gasteiger partial charge in [0, 0.05) is 6.42 Å². The first-order chi connectivity index (χ1) is 9.16. The number of amides is 1. The highest BCUT2D eigenvalue weighted by Crippen LogP contribution is 2.28. The maximum Gasteiger partial charge on any atom is 0.221 e. The Balaban J connectivity index is 2.62. The molecule has 3 heteroatoms. The number of hydrogen-bond acceptors (Lipinski definition) is 2. The molecule has 0 unspecified atom stereocenters. The van der Waals surface area contributed by atoms with Gasteiger partial charge in [0.1, 0.15) is 5.54 Å². The Morgan fingerprint density at radius 1 is 1.20 bits per heavy atom. The fourth-order valence-electron chi connectivity index (χ4n) is 2.01. The maximum absolute atomic E-state index is 11.9. The molecule has 108 valence electrons. The predicted molar refractivity (Wildman–Crippen MR) is 81.3 cm³/mol. The number of aryl methyl sites for hydroxylation is 1. The van der Waals surface area contributed by atoms with E-state index in [0.29, 0.717) is 6.42 Å². The summed E-state index contributed by atoms with van der Waals surface area (Å²) < 4.78 is 0. The van der Waals surface area contributed by atoms with E-state index in [0.717, 1.165) is 6.42 Å². The van der Waals surface area contributed by atoms with Crippen LogP contribution in [0.1, 0.15) is 51.7 Å². The second-order valence-electron chi connectivity index (χ2n) is 6.53. The smallest absolute Gasteiger partial charge is 0.221 e. The molecule has 0 saturated heterocycles. The van der Waals surface area contributed by atoms with E-state index >= 15 is 0 Å². The molecule has 0 radical (unpaired) electrons. The number of nitrogens with zero attached hydrogens (tertiary/aromatic N) is 1. The van der Waals surface area contributed by atoms with E-state index < -0.39 is 5.54 Å². The summed E-state index contributed by atoms with van der Waals surface area (Å²) in [5, 5.41) is 11.6. The fourth-order valence-corrected chi connectivity index (χ4v) is 2.01. The Morgan fingerprint density at radius 2 is 1.75 bits per heavy atom. The zero-order valence-corrected chi connectivity index (χ0v) is 13.1. The van der Waals surface area contributed by atoms with Crippen molar-refractivity contribution in [3.05, 3.63) is 35.4 Å². The van der Waals surface area contributed by atoms with Gasteiger partial charge in [-0.2, -0.15) is 5.26 Å². The second-order valence-corrected chi connectivity index (χ2v) is 6.53. The van der Waals surface area contributed by atoms with Crippen molar-refractivity contribution in [2.75, 3.05) is 0 Å². The van der Waals surface area contributed by atoms with Crippen LogP contribution in [0, 0.1) is 18.3 Å². The monoisotopic (exact) mass is 272 g/mol. The summed E-state index contributed by atoms with van der Waals surface area (Å²) in [6.45, 7) is 9.75.